The second-order valence-corrected chi connectivity index (χ2v) is 4.07. The summed E-state index contributed by atoms with van der Waals surface area (Å²) in [4.78, 5) is 0. The zero-order valence-electron chi connectivity index (χ0n) is 8.57. The van der Waals surface area contributed by atoms with Crippen molar-refractivity contribution in [2.45, 2.75) is 32.2 Å². The number of rotatable bonds is 2. The summed E-state index contributed by atoms with van der Waals surface area (Å²) in [5.74, 6) is 0.737. The summed E-state index contributed by atoms with van der Waals surface area (Å²) in [6.07, 6.45) is 4.00. The Labute approximate surface area is 92.1 Å². The van der Waals surface area contributed by atoms with Gasteiger partial charge in [0, 0.05) is 6.04 Å². The summed E-state index contributed by atoms with van der Waals surface area (Å²) in [7, 11) is 0. The normalized spacial score (nSPS) is 18.1. The summed E-state index contributed by atoms with van der Waals surface area (Å²) < 4.78 is 0. The molecule has 1 aliphatic rings. The molecule has 0 unspecified atom stereocenters. The standard InChI is InChI=1S/C12H17N.ClH/c1-9-5-2-3-8-11(9)12(13)10-6-4-7-10;/h2-3,5,8,10,12H,4,6-7,13H2,1H3;1H/t12-;/m0./s1. The maximum atomic E-state index is 6.20. The first-order valence-corrected chi connectivity index (χ1v) is 5.10. The Morgan fingerprint density at radius 2 is 1.93 bits per heavy atom. The molecule has 0 aromatic heterocycles. The van der Waals surface area contributed by atoms with Crippen molar-refractivity contribution in [2.75, 3.05) is 0 Å². The van der Waals surface area contributed by atoms with Crippen LogP contribution < -0.4 is 5.73 Å². The van der Waals surface area contributed by atoms with Gasteiger partial charge >= 0.3 is 0 Å². The molecule has 1 aromatic carbocycles. The molecule has 0 spiro atoms. The number of halogens is 1. The second-order valence-electron chi connectivity index (χ2n) is 4.07. The van der Waals surface area contributed by atoms with Crippen molar-refractivity contribution < 1.29 is 0 Å². The zero-order chi connectivity index (χ0) is 9.26. The van der Waals surface area contributed by atoms with Crippen LogP contribution in [0.5, 0.6) is 0 Å². The molecule has 0 bridgehead atoms. The van der Waals surface area contributed by atoms with Crippen LogP contribution in [-0.4, -0.2) is 0 Å². The van der Waals surface area contributed by atoms with E-state index in [2.05, 4.69) is 31.2 Å². The zero-order valence-corrected chi connectivity index (χ0v) is 9.39. The molecule has 2 heteroatoms. The summed E-state index contributed by atoms with van der Waals surface area (Å²) in [5.41, 5.74) is 8.88. The topological polar surface area (TPSA) is 26.0 Å². The molecule has 0 amide bonds. The molecule has 2 N–H and O–H groups in total. The molecular formula is C12H18ClN. The molecule has 1 aromatic rings. The first-order valence-electron chi connectivity index (χ1n) is 5.10. The number of nitrogens with two attached hydrogens (primary N) is 1. The lowest BCUT2D eigenvalue weighted by molar-refractivity contribution is 0.264. The minimum Gasteiger partial charge on any atom is -0.324 e. The van der Waals surface area contributed by atoms with E-state index in [-0.39, 0.29) is 18.4 Å². The highest BCUT2D eigenvalue weighted by Crippen LogP contribution is 2.36. The van der Waals surface area contributed by atoms with E-state index in [1.54, 1.807) is 0 Å². The third-order valence-electron chi connectivity index (χ3n) is 3.21. The second kappa shape index (κ2) is 4.81. The Kier molecular flexibility index (Phi) is 3.97. The van der Waals surface area contributed by atoms with Crippen molar-refractivity contribution in [1.82, 2.24) is 0 Å². The minimum absolute atomic E-state index is 0. The molecule has 2 rings (SSSR count). The molecule has 1 nitrogen and oxygen atoms in total. The van der Waals surface area contributed by atoms with Crippen LogP contribution >= 0.6 is 12.4 Å². The number of aryl methyl sites for hydroxylation is 1. The highest BCUT2D eigenvalue weighted by atomic mass is 35.5. The Balaban J connectivity index is 0.000000980. The maximum absolute atomic E-state index is 6.20. The Hall–Kier alpha value is -0.530. The molecular weight excluding hydrogens is 194 g/mol. The molecule has 0 radical (unpaired) electrons. The molecule has 0 heterocycles. The molecule has 0 aliphatic heterocycles. The van der Waals surface area contributed by atoms with Crippen molar-refractivity contribution in [3.63, 3.8) is 0 Å². The van der Waals surface area contributed by atoms with Crippen LogP contribution in [0.4, 0.5) is 0 Å². The lowest BCUT2D eigenvalue weighted by Crippen LogP contribution is -2.27. The van der Waals surface area contributed by atoms with Crippen LogP contribution in [0.25, 0.3) is 0 Å². The van der Waals surface area contributed by atoms with Crippen LogP contribution in [0, 0.1) is 12.8 Å². The van der Waals surface area contributed by atoms with E-state index in [9.17, 15) is 0 Å². The molecule has 78 valence electrons. The van der Waals surface area contributed by atoms with Gasteiger partial charge in [0.25, 0.3) is 0 Å². The van der Waals surface area contributed by atoms with Crippen molar-refractivity contribution in [3.05, 3.63) is 35.4 Å². The van der Waals surface area contributed by atoms with Gasteiger partial charge in [-0.1, -0.05) is 30.7 Å². The predicted octanol–water partition coefficient (Wildman–Crippen LogP) is 3.22. The van der Waals surface area contributed by atoms with Gasteiger partial charge in [-0.2, -0.15) is 0 Å². The molecule has 1 fully saturated rings. The Morgan fingerprint density at radius 3 is 2.43 bits per heavy atom. The van der Waals surface area contributed by atoms with Crippen LogP contribution in [0.1, 0.15) is 36.4 Å². The molecule has 1 atom stereocenters. The van der Waals surface area contributed by atoms with Gasteiger partial charge in [-0.05, 0) is 36.8 Å². The van der Waals surface area contributed by atoms with Crippen LogP contribution in [0.3, 0.4) is 0 Å². The van der Waals surface area contributed by atoms with Crippen LogP contribution in [-0.2, 0) is 0 Å². The quantitative estimate of drug-likeness (QED) is 0.799. The fraction of sp³-hybridized carbons (Fsp3) is 0.500. The van der Waals surface area contributed by atoms with Gasteiger partial charge in [0.2, 0.25) is 0 Å². The van der Waals surface area contributed by atoms with Gasteiger partial charge in [0.05, 0.1) is 0 Å². The van der Waals surface area contributed by atoms with Gasteiger partial charge in [-0.25, -0.2) is 0 Å². The summed E-state index contributed by atoms with van der Waals surface area (Å²) in [5, 5.41) is 0. The lowest BCUT2D eigenvalue weighted by atomic mass is 9.77. The number of benzene rings is 1. The summed E-state index contributed by atoms with van der Waals surface area (Å²) >= 11 is 0. The van der Waals surface area contributed by atoms with Crippen molar-refractivity contribution in [1.29, 1.82) is 0 Å². The molecule has 1 aliphatic carbocycles. The van der Waals surface area contributed by atoms with E-state index in [1.165, 1.54) is 30.4 Å². The van der Waals surface area contributed by atoms with E-state index < -0.39 is 0 Å². The lowest BCUT2D eigenvalue weighted by Gasteiger charge is -2.32. The Morgan fingerprint density at radius 1 is 1.29 bits per heavy atom. The highest BCUT2D eigenvalue weighted by Gasteiger charge is 2.25. The van der Waals surface area contributed by atoms with E-state index in [0.717, 1.165) is 5.92 Å². The van der Waals surface area contributed by atoms with Crippen molar-refractivity contribution in [3.8, 4) is 0 Å². The number of hydrogen-bond donors (Lipinski definition) is 1. The average Bonchev–Trinajstić information content (AvgIpc) is 2.01. The monoisotopic (exact) mass is 211 g/mol. The fourth-order valence-electron chi connectivity index (χ4n) is 2.01. The first kappa shape index (κ1) is 11.5. The van der Waals surface area contributed by atoms with Gasteiger partial charge in [0.15, 0.2) is 0 Å². The molecule has 1 saturated carbocycles. The van der Waals surface area contributed by atoms with Crippen LogP contribution in [0.2, 0.25) is 0 Å². The van der Waals surface area contributed by atoms with E-state index >= 15 is 0 Å². The summed E-state index contributed by atoms with van der Waals surface area (Å²) in [6.45, 7) is 2.15. The minimum atomic E-state index is 0. The van der Waals surface area contributed by atoms with Crippen LogP contribution in [0.15, 0.2) is 24.3 Å². The molecule has 0 saturated heterocycles. The highest BCUT2D eigenvalue weighted by molar-refractivity contribution is 5.85. The van der Waals surface area contributed by atoms with E-state index in [4.69, 9.17) is 5.73 Å². The van der Waals surface area contributed by atoms with E-state index in [0.29, 0.717) is 0 Å². The van der Waals surface area contributed by atoms with Gasteiger partial charge < -0.3 is 5.73 Å². The van der Waals surface area contributed by atoms with Crippen molar-refractivity contribution >= 4 is 12.4 Å². The van der Waals surface area contributed by atoms with Gasteiger partial charge in [-0.15, -0.1) is 12.4 Å². The average molecular weight is 212 g/mol. The first-order chi connectivity index (χ1) is 6.29. The molecule has 14 heavy (non-hydrogen) atoms. The maximum Gasteiger partial charge on any atom is 0.0326 e. The van der Waals surface area contributed by atoms with Gasteiger partial charge in [0.1, 0.15) is 0 Å². The smallest absolute Gasteiger partial charge is 0.0326 e. The third-order valence-corrected chi connectivity index (χ3v) is 3.21. The predicted molar refractivity (Wildman–Crippen MR) is 62.7 cm³/mol. The SMILES string of the molecule is Cc1ccccc1[C@@H](N)C1CCC1.Cl. The number of hydrogen-bond acceptors (Lipinski definition) is 1. The third kappa shape index (κ3) is 2.10. The van der Waals surface area contributed by atoms with E-state index in [1.807, 2.05) is 0 Å². The largest absolute Gasteiger partial charge is 0.324 e. The summed E-state index contributed by atoms with van der Waals surface area (Å²) in [6, 6.07) is 8.74. The van der Waals surface area contributed by atoms with Crippen molar-refractivity contribution in [2.24, 2.45) is 11.7 Å². The Bertz CT molecular complexity index is 294. The van der Waals surface area contributed by atoms with Gasteiger partial charge in [-0.3, -0.25) is 0 Å². The fourth-order valence-corrected chi connectivity index (χ4v) is 2.01.